The van der Waals surface area contributed by atoms with Crippen LogP contribution in [0.25, 0.3) is 0 Å². The lowest BCUT2D eigenvalue weighted by atomic mass is 10.3. The molecule has 0 fully saturated rings. The number of rotatable bonds is 5. The van der Waals surface area contributed by atoms with Gasteiger partial charge in [-0.25, -0.2) is 12.8 Å². The molecule has 0 aliphatic carbocycles. The Hall–Kier alpha value is -1.15. The van der Waals surface area contributed by atoms with E-state index < -0.39 is 15.8 Å². The first-order valence-corrected chi connectivity index (χ1v) is 8.32. The van der Waals surface area contributed by atoms with Crippen LogP contribution in [-0.4, -0.2) is 15.5 Å². The SMILES string of the molecule is CNCc1ccc(S(=O)(=O)Nc2cccc(Cl)c2F)s1. The van der Waals surface area contributed by atoms with E-state index in [1.54, 1.807) is 13.1 Å². The number of nitrogens with one attached hydrogen (secondary N) is 2. The molecule has 0 radical (unpaired) electrons. The summed E-state index contributed by atoms with van der Waals surface area (Å²) in [5.74, 6) is -0.787. The van der Waals surface area contributed by atoms with Crippen molar-refractivity contribution in [3.63, 3.8) is 0 Å². The van der Waals surface area contributed by atoms with Gasteiger partial charge in [-0.05, 0) is 31.3 Å². The second-order valence-electron chi connectivity index (χ2n) is 3.96. The monoisotopic (exact) mass is 334 g/mol. The average Bonchev–Trinajstić information content (AvgIpc) is 2.85. The van der Waals surface area contributed by atoms with E-state index in [1.807, 2.05) is 0 Å². The molecule has 0 aliphatic rings. The summed E-state index contributed by atoms with van der Waals surface area (Å²) < 4.78 is 40.3. The van der Waals surface area contributed by atoms with Crippen LogP contribution in [0.1, 0.15) is 4.88 Å². The third-order valence-electron chi connectivity index (χ3n) is 2.45. The van der Waals surface area contributed by atoms with Gasteiger partial charge in [-0.15, -0.1) is 11.3 Å². The molecule has 0 saturated carbocycles. The van der Waals surface area contributed by atoms with E-state index in [2.05, 4.69) is 10.0 Å². The van der Waals surface area contributed by atoms with Crippen LogP contribution in [-0.2, 0) is 16.6 Å². The predicted octanol–water partition coefficient (Wildman–Crippen LogP) is 3.06. The zero-order valence-electron chi connectivity index (χ0n) is 10.5. The quantitative estimate of drug-likeness (QED) is 0.883. The lowest BCUT2D eigenvalue weighted by Gasteiger charge is -2.07. The fourth-order valence-corrected chi connectivity index (χ4v) is 4.15. The van der Waals surface area contributed by atoms with E-state index in [4.69, 9.17) is 11.6 Å². The number of hydrogen-bond acceptors (Lipinski definition) is 4. The molecule has 0 bridgehead atoms. The standard InChI is InChI=1S/C12H12ClFN2O2S2/c1-15-7-8-5-6-11(19-8)20(17,18)16-10-4-2-3-9(13)12(10)14/h2-6,15-16H,7H2,1H3. The van der Waals surface area contributed by atoms with Gasteiger partial charge in [0.05, 0.1) is 10.7 Å². The third kappa shape index (κ3) is 3.29. The summed E-state index contributed by atoms with van der Waals surface area (Å²) in [5.41, 5.74) is -0.166. The molecule has 1 aromatic carbocycles. The van der Waals surface area contributed by atoms with Crippen molar-refractivity contribution in [1.29, 1.82) is 0 Å². The van der Waals surface area contributed by atoms with Crippen LogP contribution >= 0.6 is 22.9 Å². The van der Waals surface area contributed by atoms with Crippen LogP contribution in [0.15, 0.2) is 34.5 Å². The fourth-order valence-electron chi connectivity index (χ4n) is 1.55. The molecule has 1 aromatic heterocycles. The van der Waals surface area contributed by atoms with Gasteiger partial charge < -0.3 is 5.32 Å². The molecular weight excluding hydrogens is 323 g/mol. The van der Waals surface area contributed by atoms with Crippen molar-refractivity contribution in [2.75, 3.05) is 11.8 Å². The highest BCUT2D eigenvalue weighted by molar-refractivity contribution is 7.94. The predicted molar refractivity (Wildman–Crippen MR) is 79.3 cm³/mol. The highest BCUT2D eigenvalue weighted by atomic mass is 35.5. The van der Waals surface area contributed by atoms with Crippen molar-refractivity contribution in [3.8, 4) is 0 Å². The van der Waals surface area contributed by atoms with E-state index in [9.17, 15) is 12.8 Å². The van der Waals surface area contributed by atoms with E-state index in [1.165, 1.54) is 24.3 Å². The van der Waals surface area contributed by atoms with Gasteiger partial charge in [0.15, 0.2) is 5.82 Å². The highest BCUT2D eigenvalue weighted by Crippen LogP contribution is 2.27. The molecule has 8 heteroatoms. The number of halogens is 2. The summed E-state index contributed by atoms with van der Waals surface area (Å²) in [5, 5.41) is 2.80. The second kappa shape index (κ2) is 6.09. The third-order valence-corrected chi connectivity index (χ3v) is 5.68. The van der Waals surface area contributed by atoms with Crippen LogP contribution in [0.4, 0.5) is 10.1 Å². The van der Waals surface area contributed by atoms with Crippen molar-refractivity contribution in [3.05, 3.63) is 46.0 Å². The Bertz CT molecular complexity index is 716. The molecule has 20 heavy (non-hydrogen) atoms. The number of anilines is 1. The summed E-state index contributed by atoms with van der Waals surface area (Å²) in [6.45, 7) is 0.575. The Morgan fingerprint density at radius 2 is 2.05 bits per heavy atom. The smallest absolute Gasteiger partial charge is 0.271 e. The van der Waals surface area contributed by atoms with Gasteiger partial charge in [0.1, 0.15) is 4.21 Å². The van der Waals surface area contributed by atoms with Crippen molar-refractivity contribution < 1.29 is 12.8 Å². The Morgan fingerprint density at radius 1 is 1.30 bits per heavy atom. The lowest BCUT2D eigenvalue weighted by molar-refractivity contribution is 0.600. The molecule has 0 saturated heterocycles. The number of thiophene rings is 1. The van der Waals surface area contributed by atoms with E-state index >= 15 is 0 Å². The van der Waals surface area contributed by atoms with Gasteiger partial charge in [-0.3, -0.25) is 4.72 Å². The largest absolute Gasteiger partial charge is 0.315 e. The first-order chi connectivity index (χ1) is 9.44. The molecule has 4 nitrogen and oxygen atoms in total. The topological polar surface area (TPSA) is 58.2 Å². The van der Waals surface area contributed by atoms with Gasteiger partial charge >= 0.3 is 0 Å². The van der Waals surface area contributed by atoms with Crippen LogP contribution in [0, 0.1) is 5.82 Å². The second-order valence-corrected chi connectivity index (χ2v) is 7.44. The molecule has 0 amide bonds. The zero-order chi connectivity index (χ0) is 14.8. The van der Waals surface area contributed by atoms with Gasteiger partial charge in [0.2, 0.25) is 0 Å². The molecule has 108 valence electrons. The number of hydrogen-bond donors (Lipinski definition) is 2. The molecule has 2 aromatic rings. The molecule has 0 aliphatic heterocycles. The maximum Gasteiger partial charge on any atom is 0.271 e. The van der Waals surface area contributed by atoms with Crippen LogP contribution in [0.3, 0.4) is 0 Å². The van der Waals surface area contributed by atoms with Crippen LogP contribution in [0.2, 0.25) is 5.02 Å². The number of benzene rings is 1. The molecule has 2 rings (SSSR count). The van der Waals surface area contributed by atoms with Crippen LogP contribution in [0.5, 0.6) is 0 Å². The Kier molecular flexibility index (Phi) is 4.64. The van der Waals surface area contributed by atoms with Gasteiger partial charge in [0.25, 0.3) is 10.0 Å². The first-order valence-electron chi connectivity index (χ1n) is 5.64. The molecule has 0 unspecified atom stereocenters. The fraction of sp³-hybridized carbons (Fsp3) is 0.167. The van der Waals surface area contributed by atoms with Gasteiger partial charge in [-0.2, -0.15) is 0 Å². The minimum atomic E-state index is -3.81. The maximum absolute atomic E-state index is 13.7. The summed E-state index contributed by atoms with van der Waals surface area (Å²) in [7, 11) is -2.04. The molecule has 2 N–H and O–H groups in total. The highest BCUT2D eigenvalue weighted by Gasteiger charge is 2.19. The molecular formula is C12H12ClFN2O2S2. The Morgan fingerprint density at radius 3 is 2.75 bits per heavy atom. The lowest BCUT2D eigenvalue weighted by Crippen LogP contribution is -2.12. The Labute approximate surface area is 125 Å². The molecule has 0 spiro atoms. The first kappa shape index (κ1) is 15.2. The van der Waals surface area contributed by atoms with Crippen LogP contribution < -0.4 is 10.0 Å². The Balaban J connectivity index is 2.28. The van der Waals surface area contributed by atoms with Crippen molar-refractivity contribution in [2.24, 2.45) is 0 Å². The number of sulfonamides is 1. The van der Waals surface area contributed by atoms with Crippen molar-refractivity contribution in [1.82, 2.24) is 5.32 Å². The van der Waals surface area contributed by atoms with Crippen molar-refractivity contribution >= 4 is 38.6 Å². The summed E-state index contributed by atoms with van der Waals surface area (Å²) in [6, 6.07) is 7.35. The average molecular weight is 335 g/mol. The van der Waals surface area contributed by atoms with Gasteiger partial charge in [-0.1, -0.05) is 17.7 Å². The minimum Gasteiger partial charge on any atom is -0.315 e. The molecule has 1 heterocycles. The van der Waals surface area contributed by atoms with E-state index in [0.29, 0.717) is 6.54 Å². The summed E-state index contributed by atoms with van der Waals surface area (Å²) in [6.07, 6.45) is 0. The van der Waals surface area contributed by atoms with E-state index in [-0.39, 0.29) is 14.9 Å². The summed E-state index contributed by atoms with van der Waals surface area (Å²) in [4.78, 5) is 0.874. The van der Waals surface area contributed by atoms with Crippen molar-refractivity contribution in [2.45, 2.75) is 10.8 Å². The zero-order valence-corrected chi connectivity index (χ0v) is 12.9. The minimum absolute atomic E-state index is 0.127. The van der Waals surface area contributed by atoms with Gasteiger partial charge in [0, 0.05) is 11.4 Å². The van der Waals surface area contributed by atoms with E-state index in [0.717, 1.165) is 16.2 Å². The normalized spacial score (nSPS) is 11.6. The summed E-state index contributed by atoms with van der Waals surface area (Å²) >= 11 is 6.74. The maximum atomic E-state index is 13.7. The molecule has 0 atom stereocenters.